The molecule has 106 valence electrons. The van der Waals surface area contributed by atoms with Gasteiger partial charge in [0.05, 0.1) is 5.69 Å². The SMILES string of the molecule is O=C1CCC(C(=O)Nc2cccc(-c3ccn[nH]3)c2)=NN1. The molecule has 3 N–H and O–H groups in total. The van der Waals surface area contributed by atoms with Crippen LogP contribution in [0.4, 0.5) is 5.69 Å². The molecule has 1 aliphatic heterocycles. The molecule has 7 heteroatoms. The molecule has 1 aromatic carbocycles. The predicted molar refractivity (Wildman–Crippen MR) is 77.5 cm³/mol. The van der Waals surface area contributed by atoms with Gasteiger partial charge in [-0.3, -0.25) is 14.7 Å². The highest BCUT2D eigenvalue weighted by Crippen LogP contribution is 2.20. The van der Waals surface area contributed by atoms with Gasteiger partial charge < -0.3 is 5.32 Å². The zero-order valence-corrected chi connectivity index (χ0v) is 11.1. The van der Waals surface area contributed by atoms with Crippen LogP contribution in [0.15, 0.2) is 41.6 Å². The Morgan fingerprint density at radius 2 is 2.14 bits per heavy atom. The number of rotatable bonds is 3. The average molecular weight is 283 g/mol. The van der Waals surface area contributed by atoms with Gasteiger partial charge in [0.15, 0.2) is 0 Å². The third-order valence-corrected chi connectivity index (χ3v) is 3.10. The summed E-state index contributed by atoms with van der Waals surface area (Å²) in [5.41, 5.74) is 5.08. The lowest BCUT2D eigenvalue weighted by molar-refractivity contribution is -0.121. The lowest BCUT2D eigenvalue weighted by Crippen LogP contribution is -2.32. The molecule has 0 spiro atoms. The molecule has 2 aromatic rings. The molecule has 7 nitrogen and oxygen atoms in total. The summed E-state index contributed by atoms with van der Waals surface area (Å²) in [7, 11) is 0. The van der Waals surface area contributed by atoms with E-state index < -0.39 is 0 Å². The number of amides is 2. The van der Waals surface area contributed by atoms with Gasteiger partial charge in [0, 0.05) is 30.3 Å². The van der Waals surface area contributed by atoms with Crippen molar-refractivity contribution in [3.63, 3.8) is 0 Å². The first-order chi connectivity index (χ1) is 10.2. The van der Waals surface area contributed by atoms with Gasteiger partial charge in [0.1, 0.15) is 5.71 Å². The van der Waals surface area contributed by atoms with Crippen LogP contribution >= 0.6 is 0 Å². The molecule has 0 saturated carbocycles. The molecule has 0 atom stereocenters. The third kappa shape index (κ3) is 2.97. The number of carbonyl (C=O) groups excluding carboxylic acids is 2. The van der Waals surface area contributed by atoms with E-state index in [-0.39, 0.29) is 18.2 Å². The Morgan fingerprint density at radius 3 is 2.86 bits per heavy atom. The van der Waals surface area contributed by atoms with E-state index in [4.69, 9.17) is 0 Å². The van der Waals surface area contributed by atoms with E-state index in [2.05, 4.69) is 26.0 Å². The number of aromatic nitrogens is 2. The van der Waals surface area contributed by atoms with Crippen molar-refractivity contribution in [1.82, 2.24) is 15.6 Å². The van der Waals surface area contributed by atoms with E-state index in [1.165, 1.54) is 0 Å². The fraction of sp³-hybridized carbons (Fsp3) is 0.143. The van der Waals surface area contributed by atoms with Crippen LogP contribution in [0, 0.1) is 0 Å². The van der Waals surface area contributed by atoms with E-state index in [1.807, 2.05) is 24.3 Å². The minimum absolute atomic E-state index is 0.173. The minimum Gasteiger partial charge on any atom is -0.321 e. The quantitative estimate of drug-likeness (QED) is 0.791. The number of aromatic amines is 1. The smallest absolute Gasteiger partial charge is 0.271 e. The van der Waals surface area contributed by atoms with Gasteiger partial charge in [-0.25, -0.2) is 5.43 Å². The maximum absolute atomic E-state index is 12.1. The number of hydrogen-bond donors (Lipinski definition) is 3. The number of nitrogens with one attached hydrogen (secondary N) is 3. The third-order valence-electron chi connectivity index (χ3n) is 3.10. The molecule has 2 heterocycles. The molecule has 0 aliphatic carbocycles. The number of hydrogen-bond acceptors (Lipinski definition) is 4. The van der Waals surface area contributed by atoms with Gasteiger partial charge in [-0.05, 0) is 18.2 Å². The largest absolute Gasteiger partial charge is 0.321 e. The highest BCUT2D eigenvalue weighted by molar-refractivity contribution is 6.43. The van der Waals surface area contributed by atoms with Crippen LogP contribution in [0.3, 0.4) is 0 Å². The van der Waals surface area contributed by atoms with E-state index in [9.17, 15) is 9.59 Å². The second-order valence-electron chi connectivity index (χ2n) is 4.60. The molecule has 0 bridgehead atoms. The first-order valence-electron chi connectivity index (χ1n) is 6.49. The van der Waals surface area contributed by atoms with Crippen LogP contribution in [0.2, 0.25) is 0 Å². The van der Waals surface area contributed by atoms with Gasteiger partial charge in [-0.1, -0.05) is 12.1 Å². The van der Waals surface area contributed by atoms with Gasteiger partial charge in [0.25, 0.3) is 5.91 Å². The van der Waals surface area contributed by atoms with Crippen molar-refractivity contribution in [2.75, 3.05) is 5.32 Å². The van der Waals surface area contributed by atoms with Crippen LogP contribution < -0.4 is 10.7 Å². The normalized spacial score (nSPS) is 14.3. The fourth-order valence-electron chi connectivity index (χ4n) is 2.02. The summed E-state index contributed by atoms with van der Waals surface area (Å²) < 4.78 is 0. The van der Waals surface area contributed by atoms with E-state index in [0.717, 1.165) is 11.3 Å². The Labute approximate surface area is 120 Å². The van der Waals surface area contributed by atoms with E-state index in [0.29, 0.717) is 17.8 Å². The average Bonchev–Trinajstić information content (AvgIpc) is 3.02. The molecule has 1 aliphatic rings. The fourth-order valence-corrected chi connectivity index (χ4v) is 2.02. The molecule has 0 unspecified atom stereocenters. The van der Waals surface area contributed by atoms with Crippen molar-refractivity contribution in [1.29, 1.82) is 0 Å². The molecular weight excluding hydrogens is 270 g/mol. The molecule has 2 amide bonds. The van der Waals surface area contributed by atoms with Crippen LogP contribution in [0.1, 0.15) is 12.8 Å². The summed E-state index contributed by atoms with van der Waals surface area (Å²) in [6.07, 6.45) is 2.29. The number of benzene rings is 1. The van der Waals surface area contributed by atoms with Crippen molar-refractivity contribution in [3.8, 4) is 11.3 Å². The maximum Gasteiger partial charge on any atom is 0.271 e. The lowest BCUT2D eigenvalue weighted by atomic mass is 10.1. The molecular formula is C14H13N5O2. The Morgan fingerprint density at radius 1 is 1.24 bits per heavy atom. The van der Waals surface area contributed by atoms with Gasteiger partial charge in [-0.2, -0.15) is 10.2 Å². The second kappa shape index (κ2) is 5.58. The summed E-state index contributed by atoms with van der Waals surface area (Å²) >= 11 is 0. The van der Waals surface area contributed by atoms with Crippen molar-refractivity contribution < 1.29 is 9.59 Å². The Bertz CT molecular complexity index is 706. The zero-order valence-electron chi connectivity index (χ0n) is 11.1. The van der Waals surface area contributed by atoms with Crippen LogP contribution in [0.25, 0.3) is 11.3 Å². The maximum atomic E-state index is 12.1. The van der Waals surface area contributed by atoms with Crippen LogP contribution in [-0.4, -0.2) is 27.7 Å². The Kier molecular flexibility index (Phi) is 3.46. The molecule has 0 fully saturated rings. The van der Waals surface area contributed by atoms with Crippen molar-refractivity contribution >= 4 is 23.2 Å². The minimum atomic E-state index is -0.309. The highest BCUT2D eigenvalue weighted by Gasteiger charge is 2.18. The van der Waals surface area contributed by atoms with Crippen molar-refractivity contribution in [3.05, 3.63) is 36.5 Å². The monoisotopic (exact) mass is 283 g/mol. The summed E-state index contributed by atoms with van der Waals surface area (Å²) in [5.74, 6) is -0.482. The first-order valence-corrected chi connectivity index (χ1v) is 6.49. The summed E-state index contributed by atoms with van der Waals surface area (Å²) in [6.45, 7) is 0. The van der Waals surface area contributed by atoms with Gasteiger partial charge in [-0.15, -0.1) is 0 Å². The highest BCUT2D eigenvalue weighted by atomic mass is 16.2. The topological polar surface area (TPSA) is 99.2 Å². The zero-order chi connectivity index (χ0) is 14.7. The first kappa shape index (κ1) is 13.0. The number of carbonyl (C=O) groups is 2. The molecule has 3 rings (SSSR count). The van der Waals surface area contributed by atoms with Gasteiger partial charge in [0.2, 0.25) is 5.91 Å². The molecule has 0 saturated heterocycles. The van der Waals surface area contributed by atoms with Crippen molar-refractivity contribution in [2.45, 2.75) is 12.8 Å². The summed E-state index contributed by atoms with van der Waals surface area (Å²) in [5, 5.41) is 13.3. The molecule has 1 aromatic heterocycles. The number of anilines is 1. The number of hydrazone groups is 1. The van der Waals surface area contributed by atoms with E-state index >= 15 is 0 Å². The molecule has 21 heavy (non-hydrogen) atoms. The number of nitrogens with zero attached hydrogens (tertiary/aromatic N) is 2. The summed E-state index contributed by atoms with van der Waals surface area (Å²) in [4.78, 5) is 23.1. The van der Waals surface area contributed by atoms with Crippen LogP contribution in [0.5, 0.6) is 0 Å². The number of H-pyrrole nitrogens is 1. The van der Waals surface area contributed by atoms with E-state index in [1.54, 1.807) is 12.3 Å². The van der Waals surface area contributed by atoms with Gasteiger partial charge >= 0.3 is 0 Å². The predicted octanol–water partition coefficient (Wildman–Crippen LogP) is 1.28. The Hall–Kier alpha value is -2.96. The summed E-state index contributed by atoms with van der Waals surface area (Å²) in [6, 6.07) is 9.24. The Balaban J connectivity index is 1.75. The molecule has 0 radical (unpaired) electrons. The lowest BCUT2D eigenvalue weighted by Gasteiger charge is -2.12. The van der Waals surface area contributed by atoms with Crippen molar-refractivity contribution in [2.24, 2.45) is 5.10 Å². The van der Waals surface area contributed by atoms with Crippen LogP contribution in [-0.2, 0) is 9.59 Å². The standard InChI is InChI=1S/C14H13N5O2/c20-13-5-4-12(18-19-13)14(21)16-10-3-1-2-9(8-10)11-6-7-15-17-11/h1-3,6-8H,4-5H2,(H,15,17)(H,16,21)(H,19,20). The second-order valence-corrected chi connectivity index (χ2v) is 4.60.